The average Bonchev–Trinajstić information content (AvgIpc) is 2.72. The molecule has 0 aliphatic heterocycles. The predicted molar refractivity (Wildman–Crippen MR) is 120 cm³/mol. The van der Waals surface area contributed by atoms with Crippen LogP contribution in [0.3, 0.4) is 0 Å². The van der Waals surface area contributed by atoms with Crippen LogP contribution in [0.25, 0.3) is 0 Å². The normalized spacial score (nSPS) is 11.1. The molecule has 29 heavy (non-hydrogen) atoms. The molecule has 0 aliphatic carbocycles. The Morgan fingerprint density at radius 3 is 2.28 bits per heavy atom. The van der Waals surface area contributed by atoms with Crippen LogP contribution in [-0.2, 0) is 0 Å². The lowest BCUT2D eigenvalue weighted by Gasteiger charge is -2.08. The van der Waals surface area contributed by atoms with Gasteiger partial charge in [0.2, 0.25) is 0 Å². The van der Waals surface area contributed by atoms with E-state index in [4.69, 9.17) is 11.6 Å². The number of carbonyl (C=O) groups is 2. The molecule has 3 aromatic carbocycles. The third-order valence-corrected chi connectivity index (χ3v) is 4.82. The van der Waals surface area contributed by atoms with Gasteiger partial charge in [-0.2, -0.15) is 5.10 Å². The van der Waals surface area contributed by atoms with Crippen molar-refractivity contribution in [2.24, 2.45) is 5.10 Å². The summed E-state index contributed by atoms with van der Waals surface area (Å²) in [7, 11) is 0. The van der Waals surface area contributed by atoms with Crippen LogP contribution in [0.1, 0.15) is 33.2 Å². The SMILES string of the molecule is C/C(=N\NC(=O)c1ccc(Br)cc1)c1cccc(NC(=O)c2cccc(Cl)c2)c1. The molecule has 0 bridgehead atoms. The van der Waals surface area contributed by atoms with E-state index in [9.17, 15) is 9.59 Å². The van der Waals surface area contributed by atoms with Crippen LogP contribution in [0.4, 0.5) is 5.69 Å². The zero-order chi connectivity index (χ0) is 20.8. The molecule has 0 heterocycles. The largest absolute Gasteiger partial charge is 0.322 e. The number of hydrogen-bond acceptors (Lipinski definition) is 3. The topological polar surface area (TPSA) is 70.6 Å². The van der Waals surface area contributed by atoms with Gasteiger partial charge in [0.05, 0.1) is 5.71 Å². The maximum Gasteiger partial charge on any atom is 0.271 e. The number of anilines is 1. The van der Waals surface area contributed by atoms with Gasteiger partial charge in [0.1, 0.15) is 0 Å². The molecular weight excluding hydrogens is 454 g/mol. The summed E-state index contributed by atoms with van der Waals surface area (Å²) in [6.45, 7) is 1.78. The standard InChI is InChI=1S/C22H17BrClN3O2/c1-14(26-27-22(29)15-8-10-18(23)11-9-15)16-4-3-7-20(13-16)25-21(28)17-5-2-6-19(24)12-17/h2-13H,1H3,(H,25,28)(H,27,29)/b26-14+. The maximum absolute atomic E-state index is 12.4. The van der Waals surface area contributed by atoms with Crippen LogP contribution in [0.15, 0.2) is 82.4 Å². The fraction of sp³-hybridized carbons (Fsp3) is 0.0455. The highest BCUT2D eigenvalue weighted by Gasteiger charge is 2.08. The average molecular weight is 471 g/mol. The molecule has 3 aromatic rings. The smallest absolute Gasteiger partial charge is 0.271 e. The second-order valence-electron chi connectivity index (χ2n) is 6.19. The van der Waals surface area contributed by atoms with Gasteiger partial charge in [0.15, 0.2) is 0 Å². The van der Waals surface area contributed by atoms with E-state index in [0.29, 0.717) is 27.5 Å². The number of rotatable bonds is 5. The van der Waals surface area contributed by atoms with E-state index in [-0.39, 0.29) is 11.8 Å². The highest BCUT2D eigenvalue weighted by atomic mass is 79.9. The van der Waals surface area contributed by atoms with Crippen LogP contribution in [0.5, 0.6) is 0 Å². The van der Waals surface area contributed by atoms with Crippen LogP contribution < -0.4 is 10.7 Å². The first-order valence-corrected chi connectivity index (χ1v) is 9.87. The van der Waals surface area contributed by atoms with Crippen molar-refractivity contribution >= 4 is 50.7 Å². The molecule has 0 aliphatic rings. The van der Waals surface area contributed by atoms with Gasteiger partial charge in [-0.05, 0) is 67.1 Å². The number of hydrazone groups is 1. The lowest BCUT2D eigenvalue weighted by molar-refractivity contribution is 0.0954. The molecule has 3 rings (SSSR count). The van der Waals surface area contributed by atoms with Gasteiger partial charge < -0.3 is 5.32 Å². The molecule has 7 heteroatoms. The fourth-order valence-corrected chi connectivity index (χ4v) is 2.97. The number of nitrogens with one attached hydrogen (secondary N) is 2. The molecule has 2 amide bonds. The second kappa shape index (κ2) is 9.49. The molecule has 0 unspecified atom stereocenters. The molecule has 0 saturated carbocycles. The Bertz CT molecular complexity index is 1080. The molecule has 0 fully saturated rings. The minimum atomic E-state index is -0.303. The number of amides is 2. The van der Waals surface area contributed by atoms with Crippen molar-refractivity contribution in [2.75, 3.05) is 5.32 Å². The lowest BCUT2D eigenvalue weighted by atomic mass is 10.1. The summed E-state index contributed by atoms with van der Waals surface area (Å²) in [6.07, 6.45) is 0. The van der Waals surface area contributed by atoms with E-state index >= 15 is 0 Å². The third-order valence-electron chi connectivity index (χ3n) is 4.06. The van der Waals surface area contributed by atoms with Crippen LogP contribution >= 0.6 is 27.5 Å². The molecule has 146 valence electrons. The van der Waals surface area contributed by atoms with E-state index in [0.717, 1.165) is 10.0 Å². The first-order valence-electron chi connectivity index (χ1n) is 8.70. The molecule has 0 aromatic heterocycles. The van der Waals surface area contributed by atoms with Crippen molar-refractivity contribution < 1.29 is 9.59 Å². The molecule has 0 saturated heterocycles. The summed E-state index contributed by atoms with van der Waals surface area (Å²) in [5.41, 5.74) is 5.50. The number of carbonyl (C=O) groups excluding carboxylic acids is 2. The summed E-state index contributed by atoms with van der Waals surface area (Å²) < 4.78 is 0.894. The zero-order valence-corrected chi connectivity index (χ0v) is 17.8. The summed E-state index contributed by atoms with van der Waals surface area (Å²) in [5.74, 6) is -0.565. The Morgan fingerprint density at radius 2 is 1.55 bits per heavy atom. The minimum Gasteiger partial charge on any atom is -0.322 e. The van der Waals surface area contributed by atoms with Crippen molar-refractivity contribution in [1.82, 2.24) is 5.43 Å². The molecule has 2 N–H and O–H groups in total. The first kappa shape index (κ1) is 20.8. The maximum atomic E-state index is 12.4. The van der Waals surface area contributed by atoms with E-state index in [1.807, 2.05) is 6.07 Å². The number of nitrogens with zero attached hydrogens (tertiary/aromatic N) is 1. The monoisotopic (exact) mass is 469 g/mol. The Morgan fingerprint density at radius 1 is 0.862 bits per heavy atom. The number of halogens is 2. The Balaban J connectivity index is 1.69. The lowest BCUT2D eigenvalue weighted by Crippen LogP contribution is -2.19. The highest BCUT2D eigenvalue weighted by Crippen LogP contribution is 2.16. The van der Waals surface area contributed by atoms with Crippen molar-refractivity contribution in [3.63, 3.8) is 0 Å². The quantitative estimate of drug-likeness (QED) is 0.381. The Labute approximate surface area is 181 Å². The number of benzene rings is 3. The van der Waals surface area contributed by atoms with E-state index in [1.165, 1.54) is 0 Å². The summed E-state index contributed by atoms with van der Waals surface area (Å²) in [5, 5.41) is 7.49. The summed E-state index contributed by atoms with van der Waals surface area (Å²) >= 11 is 9.27. The zero-order valence-electron chi connectivity index (χ0n) is 15.4. The van der Waals surface area contributed by atoms with E-state index < -0.39 is 0 Å². The van der Waals surface area contributed by atoms with Gasteiger partial charge in [-0.3, -0.25) is 9.59 Å². The van der Waals surface area contributed by atoms with Crippen LogP contribution in [-0.4, -0.2) is 17.5 Å². The predicted octanol–water partition coefficient (Wildman–Crippen LogP) is 5.51. The Hall–Kier alpha value is -2.96. The molecule has 5 nitrogen and oxygen atoms in total. The first-order chi connectivity index (χ1) is 13.9. The third kappa shape index (κ3) is 5.76. The van der Waals surface area contributed by atoms with Gasteiger partial charge in [0.25, 0.3) is 11.8 Å². The van der Waals surface area contributed by atoms with Gasteiger partial charge in [-0.25, -0.2) is 5.43 Å². The second-order valence-corrected chi connectivity index (χ2v) is 7.54. The van der Waals surface area contributed by atoms with Crippen molar-refractivity contribution in [3.05, 3.63) is 99.0 Å². The molecule has 0 radical (unpaired) electrons. The molecular formula is C22H17BrClN3O2. The summed E-state index contributed by atoms with van der Waals surface area (Å²) in [4.78, 5) is 24.6. The van der Waals surface area contributed by atoms with Crippen LogP contribution in [0, 0.1) is 0 Å². The van der Waals surface area contributed by atoms with Gasteiger partial charge in [0, 0.05) is 26.3 Å². The minimum absolute atomic E-state index is 0.261. The van der Waals surface area contributed by atoms with E-state index in [2.05, 4.69) is 31.8 Å². The number of hydrogen-bond donors (Lipinski definition) is 2. The van der Waals surface area contributed by atoms with Crippen molar-refractivity contribution in [3.8, 4) is 0 Å². The van der Waals surface area contributed by atoms with Crippen LogP contribution in [0.2, 0.25) is 5.02 Å². The molecule has 0 spiro atoms. The van der Waals surface area contributed by atoms with E-state index in [1.54, 1.807) is 73.7 Å². The highest BCUT2D eigenvalue weighted by molar-refractivity contribution is 9.10. The van der Waals surface area contributed by atoms with Gasteiger partial charge >= 0.3 is 0 Å². The molecule has 0 atom stereocenters. The van der Waals surface area contributed by atoms with Gasteiger partial charge in [-0.15, -0.1) is 0 Å². The Kier molecular flexibility index (Phi) is 6.80. The van der Waals surface area contributed by atoms with Crippen molar-refractivity contribution in [2.45, 2.75) is 6.92 Å². The van der Waals surface area contributed by atoms with Crippen molar-refractivity contribution in [1.29, 1.82) is 0 Å². The fourth-order valence-electron chi connectivity index (χ4n) is 2.52. The van der Waals surface area contributed by atoms with Gasteiger partial charge in [-0.1, -0.05) is 45.7 Å². The summed E-state index contributed by atoms with van der Waals surface area (Å²) in [6, 6.07) is 20.9.